The number of piperazine rings is 1. The van der Waals surface area contributed by atoms with Gasteiger partial charge >= 0.3 is 0 Å². The first-order chi connectivity index (χ1) is 10.9. The van der Waals surface area contributed by atoms with Gasteiger partial charge in [0.05, 0.1) is 19.2 Å². The van der Waals surface area contributed by atoms with Crippen LogP contribution in [-0.2, 0) is 16.7 Å². The van der Waals surface area contributed by atoms with E-state index in [1.165, 1.54) is 21.3 Å². The first-order valence-electron chi connectivity index (χ1n) is 7.23. The summed E-state index contributed by atoms with van der Waals surface area (Å²) in [7, 11) is -3.16. The van der Waals surface area contributed by atoms with E-state index >= 15 is 0 Å². The fourth-order valence-electron chi connectivity index (χ4n) is 2.50. The van der Waals surface area contributed by atoms with E-state index in [2.05, 4.69) is 5.10 Å². The standard InChI is InChI=1S/C14H18N4O4S/c1-23(20,21)17-8-6-16(7-9-17)11-18-14(19)5-4-12(15-18)13-3-2-10-22-13/h2-5,10H,6-9,11H2,1H3. The van der Waals surface area contributed by atoms with Crippen LogP contribution in [0.25, 0.3) is 11.5 Å². The van der Waals surface area contributed by atoms with Crippen molar-refractivity contribution in [2.45, 2.75) is 6.67 Å². The predicted octanol–water partition coefficient (Wildman–Crippen LogP) is 0.0380. The minimum atomic E-state index is -3.16. The van der Waals surface area contributed by atoms with Crippen LogP contribution in [0.1, 0.15) is 0 Å². The quantitative estimate of drug-likeness (QED) is 0.782. The van der Waals surface area contributed by atoms with Crippen molar-refractivity contribution in [2.75, 3.05) is 32.4 Å². The summed E-state index contributed by atoms with van der Waals surface area (Å²) in [5, 5.41) is 4.31. The van der Waals surface area contributed by atoms with Crippen molar-refractivity contribution in [2.24, 2.45) is 0 Å². The van der Waals surface area contributed by atoms with Gasteiger partial charge < -0.3 is 4.42 Å². The van der Waals surface area contributed by atoms with Crippen molar-refractivity contribution >= 4 is 10.0 Å². The van der Waals surface area contributed by atoms with E-state index in [1.54, 1.807) is 24.5 Å². The Morgan fingerprint density at radius 2 is 1.91 bits per heavy atom. The summed E-state index contributed by atoms with van der Waals surface area (Å²) in [4.78, 5) is 14.0. The van der Waals surface area contributed by atoms with Crippen LogP contribution < -0.4 is 5.56 Å². The predicted molar refractivity (Wildman–Crippen MR) is 84.2 cm³/mol. The maximum atomic E-state index is 12.0. The minimum absolute atomic E-state index is 0.203. The van der Waals surface area contributed by atoms with Crippen molar-refractivity contribution in [1.29, 1.82) is 0 Å². The number of rotatable bonds is 4. The van der Waals surface area contributed by atoms with Crippen molar-refractivity contribution in [3.63, 3.8) is 0 Å². The highest BCUT2D eigenvalue weighted by molar-refractivity contribution is 7.88. The second-order valence-electron chi connectivity index (χ2n) is 5.46. The molecule has 0 radical (unpaired) electrons. The monoisotopic (exact) mass is 338 g/mol. The third kappa shape index (κ3) is 3.69. The molecule has 1 fully saturated rings. The highest BCUT2D eigenvalue weighted by atomic mass is 32.2. The molecule has 9 heteroatoms. The van der Waals surface area contributed by atoms with E-state index in [1.807, 2.05) is 4.90 Å². The molecule has 1 aliphatic heterocycles. The fraction of sp³-hybridized carbons (Fsp3) is 0.429. The molecule has 0 aliphatic carbocycles. The Hall–Kier alpha value is -1.97. The Balaban J connectivity index is 1.72. The molecule has 3 rings (SSSR count). The van der Waals surface area contributed by atoms with Crippen molar-refractivity contribution in [3.05, 3.63) is 40.9 Å². The minimum Gasteiger partial charge on any atom is -0.463 e. The Bertz CT molecular complexity index is 821. The van der Waals surface area contributed by atoms with Gasteiger partial charge in [0.15, 0.2) is 5.76 Å². The van der Waals surface area contributed by atoms with Crippen LogP contribution >= 0.6 is 0 Å². The SMILES string of the molecule is CS(=O)(=O)N1CCN(Cn2nc(-c3ccco3)ccc2=O)CC1. The molecule has 3 heterocycles. The first kappa shape index (κ1) is 15.9. The van der Waals surface area contributed by atoms with Gasteiger partial charge in [-0.2, -0.15) is 9.40 Å². The van der Waals surface area contributed by atoms with Crippen LogP contribution in [0.3, 0.4) is 0 Å². The summed E-state index contributed by atoms with van der Waals surface area (Å²) < 4.78 is 31.1. The van der Waals surface area contributed by atoms with Crippen LogP contribution in [-0.4, -0.2) is 59.8 Å². The smallest absolute Gasteiger partial charge is 0.268 e. The average Bonchev–Trinajstić information content (AvgIpc) is 3.03. The molecule has 0 aromatic carbocycles. The molecule has 1 saturated heterocycles. The topological polar surface area (TPSA) is 88.7 Å². The van der Waals surface area contributed by atoms with Crippen molar-refractivity contribution in [3.8, 4) is 11.5 Å². The van der Waals surface area contributed by atoms with Gasteiger partial charge in [-0.15, -0.1) is 0 Å². The van der Waals surface area contributed by atoms with Gasteiger partial charge in [-0.25, -0.2) is 13.1 Å². The number of hydrogen-bond donors (Lipinski definition) is 0. The van der Waals surface area contributed by atoms with Gasteiger partial charge in [-0.05, 0) is 18.2 Å². The summed E-state index contributed by atoms with van der Waals surface area (Å²) >= 11 is 0. The lowest BCUT2D eigenvalue weighted by Gasteiger charge is -2.33. The molecule has 8 nitrogen and oxygen atoms in total. The fourth-order valence-corrected chi connectivity index (χ4v) is 3.32. The summed E-state index contributed by atoms with van der Waals surface area (Å²) in [6.07, 6.45) is 2.76. The van der Waals surface area contributed by atoms with E-state index in [0.717, 1.165) is 0 Å². The average molecular weight is 338 g/mol. The highest BCUT2D eigenvalue weighted by Crippen LogP contribution is 2.15. The summed E-state index contributed by atoms with van der Waals surface area (Å²) in [6, 6.07) is 6.62. The van der Waals surface area contributed by atoms with E-state index in [9.17, 15) is 13.2 Å². The maximum absolute atomic E-state index is 12.0. The largest absolute Gasteiger partial charge is 0.463 e. The van der Waals surface area contributed by atoms with Crippen LogP contribution in [0.5, 0.6) is 0 Å². The van der Waals surface area contributed by atoms with Gasteiger partial charge in [0, 0.05) is 32.2 Å². The van der Waals surface area contributed by atoms with Gasteiger partial charge in [-0.1, -0.05) is 0 Å². The van der Waals surface area contributed by atoms with Crippen LogP contribution in [0.4, 0.5) is 0 Å². The molecule has 0 atom stereocenters. The summed E-state index contributed by atoms with van der Waals surface area (Å²) in [6.45, 7) is 2.29. The number of aromatic nitrogens is 2. The number of furan rings is 1. The molecular formula is C14H18N4O4S. The van der Waals surface area contributed by atoms with Gasteiger partial charge in [0.2, 0.25) is 10.0 Å². The molecule has 2 aromatic heterocycles. The second-order valence-corrected chi connectivity index (χ2v) is 7.44. The first-order valence-corrected chi connectivity index (χ1v) is 9.08. The molecule has 0 spiro atoms. The molecular weight excluding hydrogens is 320 g/mol. The van der Waals surface area contributed by atoms with Crippen LogP contribution in [0.15, 0.2) is 39.7 Å². The lowest BCUT2D eigenvalue weighted by Crippen LogP contribution is -2.49. The summed E-state index contributed by atoms with van der Waals surface area (Å²) in [5.74, 6) is 0.598. The van der Waals surface area contributed by atoms with E-state index in [0.29, 0.717) is 44.3 Å². The summed E-state index contributed by atoms with van der Waals surface area (Å²) in [5.41, 5.74) is 0.384. The molecule has 0 bridgehead atoms. The Morgan fingerprint density at radius 1 is 1.17 bits per heavy atom. The number of nitrogens with zero attached hydrogens (tertiary/aromatic N) is 4. The number of sulfonamides is 1. The lowest BCUT2D eigenvalue weighted by molar-refractivity contribution is 0.143. The molecule has 1 aliphatic rings. The maximum Gasteiger partial charge on any atom is 0.268 e. The Labute approximate surface area is 134 Å². The molecule has 0 unspecified atom stereocenters. The van der Waals surface area contributed by atoms with Gasteiger partial charge in [0.25, 0.3) is 5.56 Å². The zero-order chi connectivity index (χ0) is 16.4. The second kappa shape index (κ2) is 6.26. The molecule has 2 aromatic rings. The van der Waals surface area contributed by atoms with E-state index < -0.39 is 10.0 Å². The van der Waals surface area contributed by atoms with Gasteiger partial charge in [0.1, 0.15) is 5.69 Å². The zero-order valence-corrected chi connectivity index (χ0v) is 13.6. The zero-order valence-electron chi connectivity index (χ0n) is 12.8. The van der Waals surface area contributed by atoms with Crippen molar-refractivity contribution < 1.29 is 12.8 Å². The molecule has 0 N–H and O–H groups in total. The van der Waals surface area contributed by atoms with E-state index in [-0.39, 0.29) is 5.56 Å². The van der Waals surface area contributed by atoms with E-state index in [4.69, 9.17) is 4.42 Å². The molecule has 0 amide bonds. The van der Waals surface area contributed by atoms with Gasteiger partial charge in [-0.3, -0.25) is 9.69 Å². The van der Waals surface area contributed by atoms with Crippen LogP contribution in [0.2, 0.25) is 0 Å². The molecule has 124 valence electrons. The Morgan fingerprint density at radius 3 is 2.52 bits per heavy atom. The Kier molecular flexibility index (Phi) is 4.33. The normalized spacial score (nSPS) is 17.4. The molecule has 0 saturated carbocycles. The highest BCUT2D eigenvalue weighted by Gasteiger charge is 2.23. The van der Waals surface area contributed by atoms with Crippen molar-refractivity contribution in [1.82, 2.24) is 19.0 Å². The third-order valence-corrected chi connectivity index (χ3v) is 5.08. The number of hydrogen-bond acceptors (Lipinski definition) is 6. The third-order valence-electron chi connectivity index (χ3n) is 3.77. The van der Waals surface area contributed by atoms with Crippen LogP contribution in [0, 0.1) is 0 Å². The lowest BCUT2D eigenvalue weighted by atomic mass is 10.3. The molecule has 23 heavy (non-hydrogen) atoms.